The summed E-state index contributed by atoms with van der Waals surface area (Å²) in [5.74, 6) is 0.0635. The highest BCUT2D eigenvalue weighted by Crippen LogP contribution is 2.39. The molecule has 146 valence electrons. The summed E-state index contributed by atoms with van der Waals surface area (Å²) in [6, 6.07) is 8.84. The standard InChI is InChI=1S/C21H23N3O3S/c1-12(25)18(21(26)27)24-19-17-14-9-5-6-10-15(14)28-20(17)23-16(22-19)11-13-7-3-2-4-8-13/h2-4,7-8,12,18,25H,5-6,9-11H2,1H3,(H,26,27)(H,22,23,24). The van der Waals surface area contributed by atoms with E-state index in [9.17, 15) is 15.0 Å². The molecule has 0 bridgehead atoms. The van der Waals surface area contributed by atoms with Gasteiger partial charge < -0.3 is 15.5 Å². The van der Waals surface area contributed by atoms with Crippen LogP contribution < -0.4 is 5.32 Å². The first-order valence-corrected chi connectivity index (χ1v) is 10.4. The van der Waals surface area contributed by atoms with Gasteiger partial charge in [0.15, 0.2) is 6.04 Å². The Hall–Kier alpha value is -2.51. The molecule has 6 nitrogen and oxygen atoms in total. The Morgan fingerprint density at radius 1 is 1.21 bits per heavy atom. The number of anilines is 1. The van der Waals surface area contributed by atoms with Crippen LogP contribution >= 0.6 is 11.3 Å². The minimum atomic E-state index is -1.12. The lowest BCUT2D eigenvalue weighted by Gasteiger charge is -2.19. The van der Waals surface area contributed by atoms with Gasteiger partial charge in [0.25, 0.3) is 0 Å². The Labute approximate surface area is 167 Å². The summed E-state index contributed by atoms with van der Waals surface area (Å²) in [5, 5.41) is 23.3. The van der Waals surface area contributed by atoms with Crippen LogP contribution in [0.5, 0.6) is 0 Å². The van der Waals surface area contributed by atoms with Crippen LogP contribution in [0.4, 0.5) is 5.82 Å². The van der Waals surface area contributed by atoms with E-state index in [0.717, 1.165) is 41.5 Å². The highest BCUT2D eigenvalue weighted by molar-refractivity contribution is 7.19. The van der Waals surface area contributed by atoms with Gasteiger partial charge in [-0.1, -0.05) is 30.3 Å². The van der Waals surface area contributed by atoms with Crippen molar-refractivity contribution in [2.24, 2.45) is 0 Å². The number of hydrogen-bond donors (Lipinski definition) is 3. The Morgan fingerprint density at radius 2 is 1.96 bits per heavy atom. The molecule has 28 heavy (non-hydrogen) atoms. The molecule has 3 aromatic rings. The van der Waals surface area contributed by atoms with Crippen LogP contribution in [0, 0.1) is 0 Å². The van der Waals surface area contributed by atoms with E-state index in [1.54, 1.807) is 11.3 Å². The van der Waals surface area contributed by atoms with E-state index < -0.39 is 18.1 Å². The molecule has 0 fully saturated rings. The monoisotopic (exact) mass is 397 g/mol. The van der Waals surface area contributed by atoms with Crippen molar-refractivity contribution in [1.29, 1.82) is 0 Å². The van der Waals surface area contributed by atoms with Crippen LogP contribution in [-0.4, -0.2) is 38.3 Å². The third kappa shape index (κ3) is 3.72. The summed E-state index contributed by atoms with van der Waals surface area (Å²) in [5.41, 5.74) is 2.33. The SMILES string of the molecule is CC(O)C(Nc1nc(Cc2ccccc2)nc2sc3c(c12)CCCC3)C(=O)O. The molecule has 3 N–H and O–H groups in total. The van der Waals surface area contributed by atoms with Gasteiger partial charge in [0, 0.05) is 11.3 Å². The molecule has 0 amide bonds. The first kappa shape index (κ1) is 18.8. The van der Waals surface area contributed by atoms with Gasteiger partial charge in [0.1, 0.15) is 16.5 Å². The van der Waals surface area contributed by atoms with Gasteiger partial charge in [0.05, 0.1) is 11.5 Å². The molecule has 0 saturated heterocycles. The number of benzene rings is 1. The van der Waals surface area contributed by atoms with Crippen molar-refractivity contribution in [3.05, 3.63) is 52.2 Å². The quantitative estimate of drug-likeness (QED) is 0.590. The maximum absolute atomic E-state index is 11.6. The van der Waals surface area contributed by atoms with Gasteiger partial charge in [-0.05, 0) is 43.7 Å². The van der Waals surface area contributed by atoms with Gasteiger partial charge >= 0.3 is 5.97 Å². The second-order valence-electron chi connectivity index (χ2n) is 7.24. The first-order valence-electron chi connectivity index (χ1n) is 9.55. The lowest BCUT2D eigenvalue weighted by Crippen LogP contribution is -2.39. The molecular formula is C21H23N3O3S. The zero-order chi connectivity index (χ0) is 19.7. The molecule has 0 saturated carbocycles. The molecule has 2 unspecified atom stereocenters. The van der Waals surface area contributed by atoms with Crippen molar-refractivity contribution >= 4 is 33.3 Å². The zero-order valence-electron chi connectivity index (χ0n) is 15.7. The normalized spacial score (nSPS) is 15.8. The van der Waals surface area contributed by atoms with Gasteiger partial charge in [-0.25, -0.2) is 14.8 Å². The van der Waals surface area contributed by atoms with Crippen LogP contribution in [0.15, 0.2) is 30.3 Å². The second kappa shape index (κ2) is 7.85. The van der Waals surface area contributed by atoms with Crippen LogP contribution in [0.2, 0.25) is 0 Å². The summed E-state index contributed by atoms with van der Waals surface area (Å²) < 4.78 is 0. The minimum Gasteiger partial charge on any atom is -0.480 e. The minimum absolute atomic E-state index is 0.517. The largest absolute Gasteiger partial charge is 0.480 e. The zero-order valence-corrected chi connectivity index (χ0v) is 16.5. The lowest BCUT2D eigenvalue weighted by molar-refractivity contribution is -0.140. The summed E-state index contributed by atoms with van der Waals surface area (Å²) in [6.45, 7) is 1.47. The van der Waals surface area contributed by atoms with Crippen molar-refractivity contribution < 1.29 is 15.0 Å². The number of aliphatic hydroxyl groups excluding tert-OH is 1. The number of thiophene rings is 1. The number of carboxylic acid groups (broad SMARTS) is 1. The number of carboxylic acids is 1. The lowest BCUT2D eigenvalue weighted by atomic mass is 9.97. The molecule has 0 radical (unpaired) electrons. The molecule has 2 heterocycles. The summed E-state index contributed by atoms with van der Waals surface area (Å²) in [7, 11) is 0. The van der Waals surface area contributed by atoms with E-state index in [1.807, 2.05) is 30.3 Å². The first-order chi connectivity index (χ1) is 13.5. The number of aryl methyl sites for hydroxylation is 2. The Bertz CT molecular complexity index is 1000. The van der Waals surface area contributed by atoms with Crippen molar-refractivity contribution in [3.8, 4) is 0 Å². The number of carbonyl (C=O) groups is 1. The van der Waals surface area contributed by atoms with E-state index >= 15 is 0 Å². The number of rotatable bonds is 6. The van der Waals surface area contributed by atoms with E-state index in [2.05, 4.69) is 5.32 Å². The van der Waals surface area contributed by atoms with Crippen LogP contribution in [0.25, 0.3) is 10.2 Å². The number of aromatic nitrogens is 2. The van der Waals surface area contributed by atoms with Crippen LogP contribution in [0.3, 0.4) is 0 Å². The molecule has 0 spiro atoms. The van der Waals surface area contributed by atoms with Crippen molar-refractivity contribution in [2.75, 3.05) is 5.32 Å². The molecule has 7 heteroatoms. The fourth-order valence-corrected chi connectivity index (χ4v) is 4.98. The predicted octanol–water partition coefficient (Wildman–Crippen LogP) is 3.41. The third-order valence-corrected chi connectivity index (χ3v) is 6.29. The maximum Gasteiger partial charge on any atom is 0.328 e. The molecule has 4 rings (SSSR count). The Kier molecular flexibility index (Phi) is 5.28. The maximum atomic E-state index is 11.6. The highest BCUT2D eigenvalue weighted by Gasteiger charge is 2.27. The number of aliphatic hydroxyl groups is 1. The van der Waals surface area contributed by atoms with Crippen molar-refractivity contribution in [2.45, 2.75) is 51.2 Å². The number of nitrogens with one attached hydrogen (secondary N) is 1. The van der Waals surface area contributed by atoms with Crippen LogP contribution in [0.1, 0.15) is 41.6 Å². The highest BCUT2D eigenvalue weighted by atomic mass is 32.1. The third-order valence-electron chi connectivity index (χ3n) is 5.11. The Balaban J connectivity index is 1.81. The number of nitrogens with zero attached hydrogens (tertiary/aromatic N) is 2. The number of hydrogen-bond acceptors (Lipinski definition) is 6. The number of aliphatic carboxylic acids is 1. The fraction of sp³-hybridized carbons (Fsp3) is 0.381. The van der Waals surface area contributed by atoms with E-state index in [1.165, 1.54) is 17.4 Å². The Morgan fingerprint density at radius 3 is 2.68 bits per heavy atom. The predicted molar refractivity (Wildman–Crippen MR) is 110 cm³/mol. The van der Waals surface area contributed by atoms with E-state index in [0.29, 0.717) is 18.1 Å². The second-order valence-corrected chi connectivity index (χ2v) is 8.33. The fourth-order valence-electron chi connectivity index (χ4n) is 3.70. The van der Waals surface area contributed by atoms with Gasteiger partial charge in [-0.3, -0.25) is 0 Å². The van der Waals surface area contributed by atoms with E-state index in [-0.39, 0.29) is 0 Å². The molecule has 1 aliphatic rings. The van der Waals surface area contributed by atoms with Crippen molar-refractivity contribution in [3.63, 3.8) is 0 Å². The molecule has 1 aromatic carbocycles. The average Bonchev–Trinajstić information content (AvgIpc) is 3.04. The molecule has 0 aliphatic heterocycles. The topological polar surface area (TPSA) is 95.3 Å². The van der Waals surface area contributed by atoms with Crippen LogP contribution in [-0.2, 0) is 24.1 Å². The molecule has 1 aliphatic carbocycles. The summed E-state index contributed by atoms with van der Waals surface area (Å²) in [6.07, 6.45) is 3.79. The van der Waals surface area contributed by atoms with Gasteiger partial charge in [-0.15, -0.1) is 11.3 Å². The molecule has 2 atom stereocenters. The van der Waals surface area contributed by atoms with Gasteiger partial charge in [-0.2, -0.15) is 0 Å². The van der Waals surface area contributed by atoms with Crippen molar-refractivity contribution in [1.82, 2.24) is 9.97 Å². The average molecular weight is 398 g/mol. The smallest absolute Gasteiger partial charge is 0.328 e. The molecule has 2 aromatic heterocycles. The number of fused-ring (bicyclic) bond motifs is 3. The summed E-state index contributed by atoms with van der Waals surface area (Å²) in [4.78, 5) is 23.3. The van der Waals surface area contributed by atoms with Gasteiger partial charge in [0.2, 0.25) is 0 Å². The van der Waals surface area contributed by atoms with E-state index in [4.69, 9.17) is 9.97 Å². The molecular weight excluding hydrogens is 374 g/mol. The summed E-state index contributed by atoms with van der Waals surface area (Å²) >= 11 is 1.68.